The Morgan fingerprint density at radius 1 is 1.26 bits per heavy atom. The lowest BCUT2D eigenvalue weighted by atomic mass is 9.95. The third kappa shape index (κ3) is 3.57. The highest BCUT2D eigenvalue weighted by Crippen LogP contribution is 2.27. The minimum absolute atomic E-state index is 0.134. The molecule has 2 N–H and O–H groups in total. The fraction of sp³-hybridized carbons (Fsp3) is 0.562. The monoisotopic (exact) mass is 260 g/mol. The molecule has 3 nitrogen and oxygen atoms in total. The van der Waals surface area contributed by atoms with Gasteiger partial charge in [0.15, 0.2) is 0 Å². The number of hydrogen-bond acceptors (Lipinski definition) is 2. The van der Waals surface area contributed by atoms with E-state index in [0.29, 0.717) is 12.5 Å². The van der Waals surface area contributed by atoms with Crippen molar-refractivity contribution in [3.8, 4) is 0 Å². The van der Waals surface area contributed by atoms with Crippen molar-refractivity contribution in [2.24, 2.45) is 0 Å². The first-order valence-electron chi connectivity index (χ1n) is 7.40. The van der Waals surface area contributed by atoms with E-state index in [2.05, 4.69) is 42.7 Å². The molecule has 0 bridgehead atoms. The van der Waals surface area contributed by atoms with Crippen LogP contribution in [0.25, 0.3) is 0 Å². The van der Waals surface area contributed by atoms with Crippen molar-refractivity contribution in [2.75, 3.05) is 11.9 Å². The van der Waals surface area contributed by atoms with Crippen LogP contribution in [0.15, 0.2) is 18.2 Å². The van der Waals surface area contributed by atoms with Gasteiger partial charge in [-0.3, -0.25) is 4.79 Å². The molecule has 1 unspecified atom stereocenters. The summed E-state index contributed by atoms with van der Waals surface area (Å²) in [6.45, 7) is 5.47. The SMILES string of the molecule is CCCNC(CCC)c1ccc2c(c1)CCC(=O)N2. The average molecular weight is 260 g/mol. The molecule has 0 saturated heterocycles. The molecule has 1 aromatic carbocycles. The fourth-order valence-corrected chi connectivity index (χ4v) is 2.61. The van der Waals surface area contributed by atoms with Gasteiger partial charge in [-0.25, -0.2) is 0 Å². The van der Waals surface area contributed by atoms with Crippen LogP contribution in [0.4, 0.5) is 5.69 Å². The van der Waals surface area contributed by atoms with Crippen LogP contribution in [0, 0.1) is 0 Å². The van der Waals surface area contributed by atoms with E-state index in [1.165, 1.54) is 17.5 Å². The van der Waals surface area contributed by atoms with Crippen LogP contribution in [-0.2, 0) is 11.2 Å². The summed E-state index contributed by atoms with van der Waals surface area (Å²) in [7, 11) is 0. The molecule has 104 valence electrons. The van der Waals surface area contributed by atoms with Crippen LogP contribution in [-0.4, -0.2) is 12.5 Å². The standard InChI is InChI=1S/C16H24N2O/c1-3-5-14(17-10-4-2)12-6-8-15-13(11-12)7-9-16(19)18-15/h6,8,11,14,17H,3-5,7,9-10H2,1-2H3,(H,18,19). The van der Waals surface area contributed by atoms with Gasteiger partial charge >= 0.3 is 0 Å². The number of hydrogen-bond donors (Lipinski definition) is 2. The Bertz CT molecular complexity index is 442. The van der Waals surface area contributed by atoms with Gasteiger partial charge < -0.3 is 10.6 Å². The maximum atomic E-state index is 11.4. The van der Waals surface area contributed by atoms with Gasteiger partial charge in [-0.15, -0.1) is 0 Å². The Kier molecular flexibility index (Phi) is 4.97. The zero-order chi connectivity index (χ0) is 13.7. The minimum atomic E-state index is 0.134. The van der Waals surface area contributed by atoms with Gasteiger partial charge in [0.05, 0.1) is 0 Å². The number of anilines is 1. The molecule has 0 radical (unpaired) electrons. The molecule has 1 atom stereocenters. The lowest BCUT2D eigenvalue weighted by Crippen LogP contribution is -2.23. The van der Waals surface area contributed by atoms with Crippen LogP contribution < -0.4 is 10.6 Å². The number of aryl methyl sites for hydroxylation is 1. The second-order valence-electron chi connectivity index (χ2n) is 5.26. The highest BCUT2D eigenvalue weighted by Gasteiger charge is 2.17. The normalized spacial score (nSPS) is 15.8. The summed E-state index contributed by atoms with van der Waals surface area (Å²) < 4.78 is 0. The average Bonchev–Trinajstić information content (AvgIpc) is 2.43. The fourth-order valence-electron chi connectivity index (χ4n) is 2.61. The van der Waals surface area contributed by atoms with Gasteiger partial charge in [0.2, 0.25) is 5.91 Å². The number of rotatable bonds is 6. The van der Waals surface area contributed by atoms with E-state index in [9.17, 15) is 4.79 Å². The summed E-state index contributed by atoms with van der Waals surface area (Å²) in [5.74, 6) is 0.134. The van der Waals surface area contributed by atoms with Gasteiger partial charge in [-0.05, 0) is 43.0 Å². The lowest BCUT2D eigenvalue weighted by molar-refractivity contribution is -0.116. The van der Waals surface area contributed by atoms with Gasteiger partial charge in [-0.1, -0.05) is 32.4 Å². The number of carbonyl (C=O) groups is 1. The number of amides is 1. The van der Waals surface area contributed by atoms with E-state index >= 15 is 0 Å². The molecule has 0 saturated carbocycles. The Hall–Kier alpha value is -1.35. The van der Waals surface area contributed by atoms with Gasteiger partial charge in [0, 0.05) is 18.2 Å². The number of nitrogens with one attached hydrogen (secondary N) is 2. The quantitative estimate of drug-likeness (QED) is 0.823. The van der Waals surface area contributed by atoms with Crippen LogP contribution in [0.5, 0.6) is 0 Å². The number of carbonyl (C=O) groups excluding carboxylic acids is 1. The van der Waals surface area contributed by atoms with Crippen molar-refractivity contribution >= 4 is 11.6 Å². The van der Waals surface area contributed by atoms with Crippen molar-refractivity contribution in [1.82, 2.24) is 5.32 Å². The molecular formula is C16H24N2O. The first-order chi connectivity index (χ1) is 9.24. The molecule has 1 aliphatic heterocycles. The summed E-state index contributed by atoms with van der Waals surface area (Å²) in [6, 6.07) is 6.90. The van der Waals surface area contributed by atoms with E-state index in [4.69, 9.17) is 0 Å². The van der Waals surface area contributed by atoms with Crippen LogP contribution in [0.2, 0.25) is 0 Å². The predicted molar refractivity (Wildman–Crippen MR) is 79.3 cm³/mol. The van der Waals surface area contributed by atoms with Crippen LogP contribution in [0.3, 0.4) is 0 Å². The molecule has 0 aromatic heterocycles. The summed E-state index contributed by atoms with van der Waals surface area (Å²) in [5.41, 5.74) is 3.62. The second-order valence-corrected chi connectivity index (χ2v) is 5.26. The first kappa shape index (κ1) is 14.1. The largest absolute Gasteiger partial charge is 0.326 e. The zero-order valence-electron chi connectivity index (χ0n) is 12.0. The van der Waals surface area contributed by atoms with E-state index < -0.39 is 0 Å². The Labute approximate surface area is 115 Å². The second kappa shape index (κ2) is 6.71. The molecule has 0 fully saturated rings. The molecule has 0 aliphatic carbocycles. The maximum Gasteiger partial charge on any atom is 0.224 e. The van der Waals surface area contributed by atoms with Gasteiger partial charge in [0.1, 0.15) is 0 Å². The molecular weight excluding hydrogens is 236 g/mol. The number of benzene rings is 1. The maximum absolute atomic E-state index is 11.4. The van der Waals surface area contributed by atoms with E-state index in [1.807, 2.05) is 0 Å². The zero-order valence-corrected chi connectivity index (χ0v) is 12.0. The molecule has 0 spiro atoms. The molecule has 3 heteroatoms. The van der Waals surface area contributed by atoms with Crippen molar-refractivity contribution in [3.05, 3.63) is 29.3 Å². The van der Waals surface area contributed by atoms with E-state index in [0.717, 1.165) is 31.5 Å². The van der Waals surface area contributed by atoms with Crippen molar-refractivity contribution in [3.63, 3.8) is 0 Å². The third-order valence-corrected chi connectivity index (χ3v) is 3.65. The predicted octanol–water partition coefficient (Wildman–Crippen LogP) is 3.41. The highest BCUT2D eigenvalue weighted by atomic mass is 16.1. The van der Waals surface area contributed by atoms with Crippen LogP contribution in [0.1, 0.15) is 56.7 Å². The van der Waals surface area contributed by atoms with Gasteiger partial charge in [-0.2, -0.15) is 0 Å². The van der Waals surface area contributed by atoms with E-state index in [-0.39, 0.29) is 5.91 Å². The Morgan fingerprint density at radius 2 is 2.11 bits per heavy atom. The van der Waals surface area contributed by atoms with Crippen molar-refractivity contribution in [2.45, 2.75) is 52.0 Å². The molecule has 1 aromatic rings. The van der Waals surface area contributed by atoms with Crippen molar-refractivity contribution < 1.29 is 4.79 Å². The smallest absolute Gasteiger partial charge is 0.224 e. The topological polar surface area (TPSA) is 41.1 Å². The summed E-state index contributed by atoms with van der Waals surface area (Å²) in [5, 5.41) is 6.56. The van der Waals surface area contributed by atoms with Gasteiger partial charge in [0.25, 0.3) is 0 Å². The third-order valence-electron chi connectivity index (χ3n) is 3.65. The highest BCUT2D eigenvalue weighted by molar-refractivity contribution is 5.93. The van der Waals surface area contributed by atoms with E-state index in [1.54, 1.807) is 0 Å². The first-order valence-corrected chi connectivity index (χ1v) is 7.40. The Morgan fingerprint density at radius 3 is 2.84 bits per heavy atom. The van der Waals surface area contributed by atoms with Crippen LogP contribution >= 0.6 is 0 Å². The number of fused-ring (bicyclic) bond motifs is 1. The molecule has 1 aliphatic rings. The minimum Gasteiger partial charge on any atom is -0.326 e. The molecule has 1 amide bonds. The lowest BCUT2D eigenvalue weighted by Gasteiger charge is -2.22. The Balaban J connectivity index is 2.16. The molecule has 1 heterocycles. The molecule has 2 rings (SSSR count). The summed E-state index contributed by atoms with van der Waals surface area (Å²) in [6.07, 6.45) is 4.96. The summed E-state index contributed by atoms with van der Waals surface area (Å²) >= 11 is 0. The summed E-state index contributed by atoms with van der Waals surface area (Å²) in [4.78, 5) is 11.4. The molecule has 19 heavy (non-hydrogen) atoms. The van der Waals surface area contributed by atoms with Crippen molar-refractivity contribution in [1.29, 1.82) is 0 Å².